The second kappa shape index (κ2) is 6.64. The number of nitrogens with one attached hydrogen (secondary N) is 3. The minimum atomic E-state index is -0.532. The third-order valence-electron chi connectivity index (χ3n) is 4.66. The molecule has 0 aromatic heterocycles. The summed E-state index contributed by atoms with van der Waals surface area (Å²) in [5, 5.41) is 2.88. The predicted octanol–water partition coefficient (Wildman–Crippen LogP) is 0.742. The number of amides is 1. The first-order valence-electron chi connectivity index (χ1n) is 7.74. The molecule has 4 unspecified atom stereocenters. The summed E-state index contributed by atoms with van der Waals surface area (Å²) in [5.41, 5.74) is 6.13. The summed E-state index contributed by atoms with van der Waals surface area (Å²) >= 11 is 0. The molecule has 3 rings (SSSR count). The fourth-order valence-corrected chi connectivity index (χ4v) is 3.46. The van der Waals surface area contributed by atoms with Crippen molar-refractivity contribution in [2.45, 2.75) is 37.4 Å². The number of carbonyl (C=O) groups excluding carboxylic acids is 2. The van der Waals surface area contributed by atoms with Crippen LogP contribution in [0.4, 0.5) is 4.39 Å². The Morgan fingerprint density at radius 2 is 2.04 bits per heavy atom. The molecule has 3 N–H and O–H groups in total. The molecule has 1 amide bonds. The van der Waals surface area contributed by atoms with Crippen LogP contribution in [-0.4, -0.2) is 37.1 Å². The van der Waals surface area contributed by atoms with Crippen molar-refractivity contribution in [3.8, 4) is 0 Å². The number of hydrogen-bond donors (Lipinski definition) is 3. The van der Waals surface area contributed by atoms with Gasteiger partial charge in [0, 0.05) is 18.0 Å². The lowest BCUT2D eigenvalue weighted by Crippen LogP contribution is -2.46. The van der Waals surface area contributed by atoms with E-state index in [-0.39, 0.29) is 29.5 Å². The van der Waals surface area contributed by atoms with Gasteiger partial charge >= 0.3 is 5.97 Å². The maximum absolute atomic E-state index is 13.7. The van der Waals surface area contributed by atoms with Crippen molar-refractivity contribution in [3.05, 3.63) is 35.6 Å². The van der Waals surface area contributed by atoms with Gasteiger partial charge in [-0.15, -0.1) is 0 Å². The Balaban J connectivity index is 1.65. The fourth-order valence-electron chi connectivity index (χ4n) is 3.46. The predicted molar refractivity (Wildman–Crippen MR) is 80.9 cm³/mol. The van der Waals surface area contributed by atoms with E-state index in [1.54, 1.807) is 12.1 Å². The number of carbonyl (C=O) groups is 2. The number of hydrazine groups is 1. The first-order valence-corrected chi connectivity index (χ1v) is 7.74. The lowest BCUT2D eigenvalue weighted by molar-refractivity contribution is -0.144. The highest BCUT2D eigenvalue weighted by Gasteiger charge is 2.44. The quantitative estimate of drug-likeness (QED) is 0.716. The minimum absolute atomic E-state index is 0.0433. The van der Waals surface area contributed by atoms with Gasteiger partial charge in [0.05, 0.1) is 12.7 Å². The van der Waals surface area contributed by atoms with Gasteiger partial charge in [0.2, 0.25) is 0 Å². The second-order valence-electron chi connectivity index (χ2n) is 6.02. The molecule has 23 heavy (non-hydrogen) atoms. The summed E-state index contributed by atoms with van der Waals surface area (Å²) in [6.07, 6.45) is 2.25. The number of rotatable bonds is 3. The summed E-state index contributed by atoms with van der Waals surface area (Å²) in [7, 11) is 1.36. The molecule has 1 aromatic rings. The summed E-state index contributed by atoms with van der Waals surface area (Å²) < 4.78 is 18.5. The van der Waals surface area contributed by atoms with Crippen LogP contribution in [0, 0.1) is 11.7 Å². The standard InChI is InChI=1S/C16H20FN3O3/c1-23-16(22)14-11-8-9(6-7-13(11)19-20-14)18-15(21)10-4-2-3-5-12(10)17/h2-5,9,11,13-14,19-20H,6-8H2,1H3,(H,18,21). The zero-order valence-corrected chi connectivity index (χ0v) is 12.8. The largest absolute Gasteiger partial charge is 0.468 e. The number of ether oxygens (including phenoxy) is 1. The van der Waals surface area contributed by atoms with E-state index < -0.39 is 17.8 Å². The Morgan fingerprint density at radius 3 is 2.78 bits per heavy atom. The molecule has 1 saturated carbocycles. The maximum Gasteiger partial charge on any atom is 0.324 e. The van der Waals surface area contributed by atoms with E-state index in [0.29, 0.717) is 6.42 Å². The number of esters is 1. The van der Waals surface area contributed by atoms with Gasteiger partial charge < -0.3 is 10.1 Å². The van der Waals surface area contributed by atoms with Gasteiger partial charge in [-0.05, 0) is 31.4 Å². The topological polar surface area (TPSA) is 79.5 Å². The normalized spacial score (nSPS) is 29.7. The van der Waals surface area contributed by atoms with Crippen molar-refractivity contribution >= 4 is 11.9 Å². The highest BCUT2D eigenvalue weighted by Crippen LogP contribution is 2.31. The molecule has 4 atom stereocenters. The van der Waals surface area contributed by atoms with Crippen LogP contribution in [0.2, 0.25) is 0 Å². The molecule has 1 heterocycles. The summed E-state index contributed by atoms with van der Waals surface area (Å²) in [6, 6.07) is 5.59. The van der Waals surface area contributed by atoms with Crippen molar-refractivity contribution in [2.75, 3.05) is 7.11 Å². The molecule has 2 aliphatic rings. The highest BCUT2D eigenvalue weighted by molar-refractivity contribution is 5.94. The lowest BCUT2D eigenvalue weighted by atomic mass is 9.79. The molecule has 2 fully saturated rings. The van der Waals surface area contributed by atoms with Crippen LogP contribution in [0.25, 0.3) is 0 Å². The fraction of sp³-hybridized carbons (Fsp3) is 0.500. The van der Waals surface area contributed by atoms with Gasteiger partial charge in [-0.3, -0.25) is 15.0 Å². The number of methoxy groups -OCH3 is 1. The van der Waals surface area contributed by atoms with Crippen LogP contribution in [0.15, 0.2) is 24.3 Å². The maximum atomic E-state index is 13.7. The van der Waals surface area contributed by atoms with E-state index in [4.69, 9.17) is 4.74 Å². The third kappa shape index (κ3) is 3.20. The highest BCUT2D eigenvalue weighted by atomic mass is 19.1. The van der Waals surface area contributed by atoms with Gasteiger partial charge in [-0.1, -0.05) is 12.1 Å². The Bertz CT molecular complexity index is 610. The first kappa shape index (κ1) is 15.9. The second-order valence-corrected chi connectivity index (χ2v) is 6.02. The Hall–Kier alpha value is -1.99. The van der Waals surface area contributed by atoms with Crippen LogP contribution in [0.1, 0.15) is 29.6 Å². The van der Waals surface area contributed by atoms with Crippen LogP contribution in [0.3, 0.4) is 0 Å². The van der Waals surface area contributed by atoms with Gasteiger partial charge in [-0.25, -0.2) is 9.82 Å². The Kier molecular flexibility index (Phi) is 4.58. The molecule has 1 aliphatic heterocycles. The Morgan fingerprint density at radius 1 is 1.26 bits per heavy atom. The molecule has 1 aliphatic carbocycles. The zero-order valence-electron chi connectivity index (χ0n) is 12.8. The van der Waals surface area contributed by atoms with E-state index in [9.17, 15) is 14.0 Å². The molecule has 7 heteroatoms. The molecule has 0 spiro atoms. The molecule has 0 bridgehead atoms. The molecular weight excluding hydrogens is 301 g/mol. The number of benzene rings is 1. The monoisotopic (exact) mass is 321 g/mol. The summed E-state index contributed by atoms with van der Waals surface area (Å²) in [4.78, 5) is 24.0. The van der Waals surface area contributed by atoms with Crippen molar-refractivity contribution < 1.29 is 18.7 Å². The lowest BCUT2D eigenvalue weighted by Gasteiger charge is -2.32. The van der Waals surface area contributed by atoms with E-state index in [1.807, 2.05) is 0 Å². The molecule has 6 nitrogen and oxygen atoms in total. The first-order chi connectivity index (χ1) is 11.1. The van der Waals surface area contributed by atoms with E-state index >= 15 is 0 Å². The van der Waals surface area contributed by atoms with Crippen LogP contribution in [0.5, 0.6) is 0 Å². The van der Waals surface area contributed by atoms with Crippen molar-refractivity contribution in [3.63, 3.8) is 0 Å². The average Bonchev–Trinajstić information content (AvgIpc) is 2.97. The zero-order chi connectivity index (χ0) is 16.4. The SMILES string of the molecule is COC(=O)C1NNC2CCC(NC(=O)c3ccccc3F)CC21. The van der Waals surface area contributed by atoms with Crippen molar-refractivity contribution in [1.29, 1.82) is 0 Å². The van der Waals surface area contributed by atoms with E-state index in [2.05, 4.69) is 16.2 Å². The molecule has 124 valence electrons. The smallest absolute Gasteiger partial charge is 0.324 e. The molecule has 1 saturated heterocycles. The molecular formula is C16H20FN3O3. The van der Waals surface area contributed by atoms with Gasteiger partial charge in [0.25, 0.3) is 5.91 Å². The van der Waals surface area contributed by atoms with Gasteiger partial charge in [0.15, 0.2) is 0 Å². The van der Waals surface area contributed by atoms with Crippen molar-refractivity contribution in [2.24, 2.45) is 5.92 Å². The van der Waals surface area contributed by atoms with Crippen LogP contribution < -0.4 is 16.2 Å². The molecule has 0 radical (unpaired) electrons. The molecule has 1 aromatic carbocycles. The minimum Gasteiger partial charge on any atom is -0.468 e. The number of halogens is 1. The Labute approximate surface area is 133 Å². The van der Waals surface area contributed by atoms with Gasteiger partial charge in [0.1, 0.15) is 11.9 Å². The average molecular weight is 321 g/mol. The van der Waals surface area contributed by atoms with Crippen molar-refractivity contribution in [1.82, 2.24) is 16.2 Å². The van der Waals surface area contributed by atoms with Crippen LogP contribution >= 0.6 is 0 Å². The van der Waals surface area contributed by atoms with E-state index in [1.165, 1.54) is 19.2 Å². The summed E-state index contributed by atoms with van der Waals surface area (Å²) in [5.74, 6) is -1.22. The summed E-state index contributed by atoms with van der Waals surface area (Å²) in [6.45, 7) is 0. The van der Waals surface area contributed by atoms with E-state index in [0.717, 1.165) is 12.8 Å². The number of fused-ring (bicyclic) bond motifs is 1. The third-order valence-corrected chi connectivity index (χ3v) is 4.66. The van der Waals surface area contributed by atoms with Crippen LogP contribution in [-0.2, 0) is 9.53 Å². The van der Waals surface area contributed by atoms with Gasteiger partial charge in [-0.2, -0.15) is 0 Å². The number of hydrogen-bond acceptors (Lipinski definition) is 5.